The minimum absolute atomic E-state index is 0.111. The van der Waals surface area contributed by atoms with E-state index in [9.17, 15) is 9.70 Å². The number of hydrogen-bond acceptors (Lipinski definition) is 4. The van der Waals surface area contributed by atoms with Crippen LogP contribution in [0.4, 0.5) is 0 Å². The summed E-state index contributed by atoms with van der Waals surface area (Å²) in [5.74, 6) is 0. The van der Waals surface area contributed by atoms with E-state index in [2.05, 4.69) is 9.68 Å². The molecule has 0 aliphatic heterocycles. The second-order valence-corrected chi connectivity index (χ2v) is 1.63. The van der Waals surface area contributed by atoms with Gasteiger partial charge in [0.25, 0.3) is 0 Å². The first-order chi connectivity index (χ1) is 5.72. The Labute approximate surface area is 72.1 Å². The molecular weight excluding hydrogens is 162 g/mol. The van der Waals surface area contributed by atoms with Gasteiger partial charge >= 0.3 is 5.09 Å². The van der Waals surface area contributed by atoms with Gasteiger partial charge in [0.15, 0.2) is 13.2 Å². The lowest BCUT2D eigenvalue weighted by molar-refractivity contribution is -0.980. The summed E-state index contributed by atoms with van der Waals surface area (Å²) in [5, 5.41) is 0.111. The molecule has 12 heavy (non-hydrogen) atoms. The molecule has 0 bridgehead atoms. The Morgan fingerprint density at radius 3 is 1.67 bits per heavy atom. The van der Waals surface area contributed by atoms with Gasteiger partial charge in [-0.1, -0.05) is 6.92 Å². The molecule has 0 unspecified atom stereocenters. The summed E-state index contributed by atoms with van der Waals surface area (Å²) in [7, 11) is 0. The van der Waals surface area contributed by atoms with Crippen LogP contribution >= 0.6 is 0 Å². The predicted molar refractivity (Wildman–Crippen MR) is 43.2 cm³/mol. The van der Waals surface area contributed by atoms with Crippen LogP contribution in [0.3, 0.4) is 0 Å². The standard InChI is InChI=1S/C4H10NO3.C3H6O/c1-3-7-5(6)8-4-2;1-2-3-4/h3-4H2,1-2H3;3H,2H2,1H3/q+1;. The number of carbonyl (C=O) groups is 1. The Morgan fingerprint density at radius 1 is 1.17 bits per heavy atom. The zero-order valence-electron chi connectivity index (χ0n) is 7.78. The molecule has 0 saturated carbocycles. The minimum Gasteiger partial charge on any atom is -0.303 e. The van der Waals surface area contributed by atoms with Crippen molar-refractivity contribution in [3.05, 3.63) is 4.91 Å². The molecule has 0 aromatic carbocycles. The molecule has 0 aromatic heterocycles. The van der Waals surface area contributed by atoms with Crippen LogP contribution in [-0.2, 0) is 14.5 Å². The summed E-state index contributed by atoms with van der Waals surface area (Å²) in [6, 6.07) is 0. The zero-order chi connectivity index (χ0) is 9.82. The average Bonchev–Trinajstić information content (AvgIpc) is 2.06. The van der Waals surface area contributed by atoms with Gasteiger partial charge in [-0.05, 0) is 13.8 Å². The molecule has 0 fully saturated rings. The van der Waals surface area contributed by atoms with E-state index >= 15 is 0 Å². The molecule has 0 N–H and O–H groups in total. The highest BCUT2D eigenvalue weighted by Crippen LogP contribution is 1.77. The number of rotatable bonds is 5. The van der Waals surface area contributed by atoms with Crippen molar-refractivity contribution in [1.82, 2.24) is 0 Å². The predicted octanol–water partition coefficient (Wildman–Crippen LogP) is 1.26. The lowest BCUT2D eigenvalue weighted by Gasteiger charge is -1.84. The molecule has 0 saturated heterocycles. The molecule has 0 spiro atoms. The first-order valence-electron chi connectivity index (χ1n) is 3.89. The number of aldehydes is 1. The van der Waals surface area contributed by atoms with Gasteiger partial charge in [0.1, 0.15) is 11.2 Å². The highest BCUT2D eigenvalue weighted by atomic mass is 17.0. The molecule has 72 valence electrons. The van der Waals surface area contributed by atoms with Crippen molar-refractivity contribution >= 4 is 6.29 Å². The number of hydrogen-bond donors (Lipinski definition) is 0. The third-order valence-corrected chi connectivity index (χ3v) is 0.636. The SMILES string of the molecule is CCC=O.CCO[N+](=O)OCC. The molecule has 0 radical (unpaired) electrons. The van der Waals surface area contributed by atoms with E-state index in [1.54, 1.807) is 13.8 Å². The molecule has 5 nitrogen and oxygen atoms in total. The van der Waals surface area contributed by atoms with Crippen molar-refractivity contribution in [2.75, 3.05) is 13.2 Å². The van der Waals surface area contributed by atoms with Crippen LogP contribution in [0.1, 0.15) is 27.2 Å². The largest absolute Gasteiger partial charge is 0.477 e. The van der Waals surface area contributed by atoms with Crippen LogP contribution < -0.4 is 0 Å². The van der Waals surface area contributed by atoms with E-state index in [1.807, 2.05) is 6.92 Å². The quantitative estimate of drug-likeness (QED) is 0.470. The Hall–Kier alpha value is -1.13. The zero-order valence-corrected chi connectivity index (χ0v) is 7.78. The molecular formula is C7H16NO4+. The Balaban J connectivity index is 0. The molecule has 0 amide bonds. The van der Waals surface area contributed by atoms with Gasteiger partial charge in [-0.15, -0.1) is 0 Å². The third kappa shape index (κ3) is 15.9. The molecule has 0 heterocycles. The molecule has 0 aliphatic rings. The third-order valence-electron chi connectivity index (χ3n) is 0.636. The maximum atomic E-state index is 10.1. The average molecular weight is 178 g/mol. The first kappa shape index (κ1) is 13.5. The summed E-state index contributed by atoms with van der Waals surface area (Å²) < 4.78 is 0. The van der Waals surface area contributed by atoms with Crippen molar-refractivity contribution in [3.63, 3.8) is 0 Å². The highest BCUT2D eigenvalue weighted by molar-refractivity contribution is 5.48. The summed E-state index contributed by atoms with van der Waals surface area (Å²) in [5.41, 5.74) is 0. The first-order valence-corrected chi connectivity index (χ1v) is 3.89. The fraction of sp³-hybridized carbons (Fsp3) is 0.857. The van der Waals surface area contributed by atoms with Gasteiger partial charge in [0.05, 0.1) is 0 Å². The van der Waals surface area contributed by atoms with E-state index in [4.69, 9.17) is 0 Å². The van der Waals surface area contributed by atoms with Crippen molar-refractivity contribution in [2.24, 2.45) is 0 Å². The van der Waals surface area contributed by atoms with Crippen molar-refractivity contribution in [3.8, 4) is 0 Å². The Bertz CT molecular complexity index is 108. The van der Waals surface area contributed by atoms with E-state index in [-0.39, 0.29) is 5.09 Å². The highest BCUT2D eigenvalue weighted by Gasteiger charge is 2.05. The van der Waals surface area contributed by atoms with E-state index in [0.717, 1.165) is 6.29 Å². The summed E-state index contributed by atoms with van der Waals surface area (Å²) in [6.45, 7) is 5.91. The number of nitrogens with zero attached hydrogens (tertiary/aromatic N) is 1. The van der Waals surface area contributed by atoms with Crippen molar-refractivity contribution in [1.29, 1.82) is 0 Å². The van der Waals surface area contributed by atoms with Gasteiger partial charge < -0.3 is 4.79 Å². The summed E-state index contributed by atoms with van der Waals surface area (Å²) in [4.78, 5) is 28.0. The minimum atomic E-state index is 0.111. The topological polar surface area (TPSA) is 55.6 Å². The van der Waals surface area contributed by atoms with Gasteiger partial charge in [-0.3, -0.25) is 0 Å². The van der Waals surface area contributed by atoms with Crippen LogP contribution in [-0.4, -0.2) is 24.6 Å². The van der Waals surface area contributed by atoms with Crippen LogP contribution in [0.25, 0.3) is 0 Å². The molecule has 0 rings (SSSR count). The van der Waals surface area contributed by atoms with Gasteiger partial charge in [0.2, 0.25) is 0 Å². The van der Waals surface area contributed by atoms with Gasteiger partial charge in [-0.2, -0.15) is 9.68 Å². The Kier molecular flexibility index (Phi) is 14.1. The normalized spacial score (nSPS) is 7.58. The second kappa shape index (κ2) is 12.5. The fourth-order valence-electron chi connectivity index (χ4n) is 0.248. The van der Waals surface area contributed by atoms with Crippen LogP contribution in [0.5, 0.6) is 0 Å². The molecule has 0 atom stereocenters. The van der Waals surface area contributed by atoms with Crippen molar-refractivity contribution in [2.45, 2.75) is 27.2 Å². The van der Waals surface area contributed by atoms with E-state index in [0.29, 0.717) is 19.6 Å². The maximum absolute atomic E-state index is 10.1. The lowest BCUT2D eigenvalue weighted by atomic mass is 10.6. The van der Waals surface area contributed by atoms with E-state index < -0.39 is 0 Å². The summed E-state index contributed by atoms with van der Waals surface area (Å²) >= 11 is 0. The summed E-state index contributed by atoms with van der Waals surface area (Å²) in [6.07, 6.45) is 1.51. The van der Waals surface area contributed by atoms with Crippen LogP contribution in [0.15, 0.2) is 0 Å². The smallest absolute Gasteiger partial charge is 0.303 e. The van der Waals surface area contributed by atoms with Crippen molar-refractivity contribution < 1.29 is 19.6 Å². The van der Waals surface area contributed by atoms with Crippen LogP contribution in [0, 0.1) is 4.91 Å². The second-order valence-electron chi connectivity index (χ2n) is 1.63. The number of carbonyl (C=O) groups excluding carboxylic acids is 1. The van der Waals surface area contributed by atoms with E-state index in [1.165, 1.54) is 0 Å². The maximum Gasteiger partial charge on any atom is 0.477 e. The Morgan fingerprint density at radius 2 is 1.50 bits per heavy atom. The fourth-order valence-corrected chi connectivity index (χ4v) is 0.248. The van der Waals surface area contributed by atoms with Crippen LogP contribution in [0.2, 0.25) is 0 Å². The molecule has 5 heteroatoms. The molecule has 0 aliphatic carbocycles. The van der Waals surface area contributed by atoms with Gasteiger partial charge in [0, 0.05) is 6.42 Å². The molecule has 0 aromatic rings. The lowest BCUT2D eigenvalue weighted by Crippen LogP contribution is -2.09. The van der Waals surface area contributed by atoms with Gasteiger partial charge in [-0.25, -0.2) is 0 Å². The monoisotopic (exact) mass is 178 g/mol.